The van der Waals surface area contributed by atoms with Crippen molar-refractivity contribution in [3.05, 3.63) is 93.7 Å². The number of hydrogen-bond donors (Lipinski definition) is 0. The van der Waals surface area contributed by atoms with Crippen LogP contribution in [-0.2, 0) is 11.2 Å². The van der Waals surface area contributed by atoms with Crippen LogP contribution in [0.1, 0.15) is 74.3 Å². The molecule has 2 aliphatic rings. The second-order valence-corrected chi connectivity index (χ2v) is 9.03. The maximum atomic E-state index is 8.00. The number of aryl methyl sites for hydroxylation is 4. The molecule has 1 atom stereocenters. The van der Waals surface area contributed by atoms with Crippen LogP contribution in [0.25, 0.3) is 6.08 Å². The van der Waals surface area contributed by atoms with Crippen LogP contribution < -0.4 is 4.90 Å². The highest BCUT2D eigenvalue weighted by Gasteiger charge is 2.28. The number of benzene rings is 2. The SMILES string of the molecule is C/C=C\c1c(C)cccc1CCC1CC2=CCCC=C2N(c2ccc(C)c(C)c2)C1.C=O.CC. The van der Waals surface area contributed by atoms with Crippen molar-refractivity contribution in [3.63, 3.8) is 0 Å². The molecular weight excluding hydrogens is 414 g/mol. The summed E-state index contributed by atoms with van der Waals surface area (Å²) in [4.78, 5) is 10.6. The summed E-state index contributed by atoms with van der Waals surface area (Å²) in [6.45, 7) is 15.9. The highest BCUT2D eigenvalue weighted by Crippen LogP contribution is 2.39. The van der Waals surface area contributed by atoms with E-state index in [0.29, 0.717) is 5.92 Å². The lowest BCUT2D eigenvalue weighted by Crippen LogP contribution is -2.36. The van der Waals surface area contributed by atoms with Gasteiger partial charge in [-0.25, -0.2) is 0 Å². The third kappa shape index (κ3) is 6.59. The Hall–Kier alpha value is -2.87. The van der Waals surface area contributed by atoms with E-state index in [-0.39, 0.29) is 0 Å². The lowest BCUT2D eigenvalue weighted by atomic mass is 9.83. The molecule has 1 saturated heterocycles. The number of hydrogen-bond acceptors (Lipinski definition) is 2. The van der Waals surface area contributed by atoms with Crippen molar-refractivity contribution in [3.8, 4) is 0 Å². The van der Waals surface area contributed by atoms with Crippen LogP contribution in [0.15, 0.2) is 65.9 Å². The number of piperidine rings is 1. The van der Waals surface area contributed by atoms with Gasteiger partial charge >= 0.3 is 0 Å². The van der Waals surface area contributed by atoms with E-state index in [4.69, 9.17) is 4.79 Å². The Kier molecular flexibility index (Phi) is 11.1. The molecule has 1 unspecified atom stereocenters. The molecule has 2 nitrogen and oxygen atoms in total. The first-order chi connectivity index (χ1) is 16.6. The number of rotatable bonds is 5. The fraction of sp³-hybridized carbons (Fsp3) is 0.406. The summed E-state index contributed by atoms with van der Waals surface area (Å²) in [6.07, 6.45) is 15.4. The molecule has 0 aromatic heterocycles. The van der Waals surface area contributed by atoms with Crippen molar-refractivity contribution in [2.75, 3.05) is 11.4 Å². The van der Waals surface area contributed by atoms with Gasteiger partial charge in [-0.05, 0) is 111 Å². The molecule has 2 heteroatoms. The molecule has 0 N–H and O–H groups in total. The number of fused-ring (bicyclic) bond motifs is 1. The maximum Gasteiger partial charge on any atom is 0.106 e. The zero-order valence-corrected chi connectivity index (χ0v) is 22.2. The van der Waals surface area contributed by atoms with Crippen molar-refractivity contribution >= 4 is 18.6 Å². The molecule has 1 heterocycles. The first-order valence-electron chi connectivity index (χ1n) is 12.8. The summed E-state index contributed by atoms with van der Waals surface area (Å²) in [5, 5.41) is 0. The van der Waals surface area contributed by atoms with Crippen molar-refractivity contribution in [1.29, 1.82) is 0 Å². The van der Waals surface area contributed by atoms with Gasteiger partial charge in [0.2, 0.25) is 0 Å². The molecule has 2 aromatic carbocycles. The average molecular weight is 458 g/mol. The van der Waals surface area contributed by atoms with E-state index in [0.717, 1.165) is 13.0 Å². The van der Waals surface area contributed by atoms with Crippen molar-refractivity contribution < 1.29 is 4.79 Å². The Morgan fingerprint density at radius 1 is 0.971 bits per heavy atom. The molecule has 0 bridgehead atoms. The fourth-order valence-electron chi connectivity index (χ4n) is 4.97. The van der Waals surface area contributed by atoms with Gasteiger partial charge in [0, 0.05) is 17.9 Å². The van der Waals surface area contributed by atoms with Crippen LogP contribution in [0.3, 0.4) is 0 Å². The van der Waals surface area contributed by atoms with E-state index in [1.807, 2.05) is 20.6 Å². The molecule has 34 heavy (non-hydrogen) atoms. The third-order valence-electron chi connectivity index (χ3n) is 6.84. The van der Waals surface area contributed by atoms with Crippen LogP contribution in [0.2, 0.25) is 0 Å². The molecule has 182 valence electrons. The molecule has 2 aromatic rings. The monoisotopic (exact) mass is 457 g/mol. The van der Waals surface area contributed by atoms with Crippen molar-refractivity contribution in [1.82, 2.24) is 0 Å². The van der Waals surface area contributed by atoms with E-state index in [2.05, 4.69) is 93.3 Å². The van der Waals surface area contributed by atoms with Crippen LogP contribution in [0, 0.1) is 26.7 Å². The Morgan fingerprint density at radius 3 is 2.41 bits per heavy atom. The summed E-state index contributed by atoms with van der Waals surface area (Å²) >= 11 is 0. The lowest BCUT2D eigenvalue weighted by molar-refractivity contribution is -0.0979. The molecule has 0 radical (unpaired) electrons. The predicted octanol–water partition coefficient (Wildman–Crippen LogP) is 8.55. The highest BCUT2D eigenvalue weighted by atomic mass is 16.1. The van der Waals surface area contributed by atoms with Gasteiger partial charge in [0.1, 0.15) is 6.79 Å². The maximum absolute atomic E-state index is 8.00. The number of carbonyl (C=O) groups excluding carboxylic acids is 1. The minimum Gasteiger partial charge on any atom is -0.341 e. The largest absolute Gasteiger partial charge is 0.341 e. The van der Waals surface area contributed by atoms with E-state index in [1.54, 1.807) is 5.57 Å². The Labute approximate surface area is 208 Å². The number of nitrogens with zero attached hydrogens (tertiary/aromatic N) is 1. The summed E-state index contributed by atoms with van der Waals surface area (Å²) in [7, 11) is 0. The third-order valence-corrected chi connectivity index (χ3v) is 6.84. The minimum absolute atomic E-state index is 0.687. The zero-order chi connectivity index (χ0) is 25.1. The molecule has 4 rings (SSSR count). The molecule has 0 amide bonds. The van der Waals surface area contributed by atoms with Gasteiger partial charge in [0.15, 0.2) is 0 Å². The molecule has 1 aliphatic heterocycles. The first kappa shape index (κ1) is 27.4. The van der Waals surface area contributed by atoms with Gasteiger partial charge in [-0.2, -0.15) is 0 Å². The number of carbonyl (C=O) groups is 1. The van der Waals surface area contributed by atoms with E-state index in [1.165, 1.54) is 64.9 Å². The molecule has 0 spiro atoms. The van der Waals surface area contributed by atoms with Crippen LogP contribution in [0.5, 0.6) is 0 Å². The van der Waals surface area contributed by atoms with Crippen LogP contribution in [0.4, 0.5) is 5.69 Å². The number of anilines is 1. The summed E-state index contributed by atoms with van der Waals surface area (Å²) < 4.78 is 0. The smallest absolute Gasteiger partial charge is 0.106 e. The van der Waals surface area contributed by atoms with Gasteiger partial charge in [-0.1, -0.05) is 62.4 Å². The lowest BCUT2D eigenvalue weighted by Gasteiger charge is -2.40. The first-order valence-corrected chi connectivity index (χ1v) is 12.8. The molecule has 1 fully saturated rings. The summed E-state index contributed by atoms with van der Waals surface area (Å²) in [5.41, 5.74) is 11.4. The summed E-state index contributed by atoms with van der Waals surface area (Å²) in [6, 6.07) is 13.7. The van der Waals surface area contributed by atoms with Crippen LogP contribution >= 0.6 is 0 Å². The predicted molar refractivity (Wildman–Crippen MR) is 149 cm³/mol. The zero-order valence-electron chi connectivity index (χ0n) is 22.2. The second kappa shape index (κ2) is 13.7. The minimum atomic E-state index is 0.687. The van der Waals surface area contributed by atoms with Crippen molar-refractivity contribution in [2.24, 2.45) is 5.92 Å². The Bertz CT molecular complexity index is 1030. The van der Waals surface area contributed by atoms with E-state index < -0.39 is 0 Å². The Balaban J connectivity index is 0.000000970. The topological polar surface area (TPSA) is 20.3 Å². The van der Waals surface area contributed by atoms with E-state index in [9.17, 15) is 0 Å². The Morgan fingerprint density at radius 2 is 1.71 bits per heavy atom. The van der Waals surface area contributed by atoms with Gasteiger partial charge in [-0.15, -0.1) is 0 Å². The highest BCUT2D eigenvalue weighted by molar-refractivity contribution is 5.61. The normalized spacial score (nSPS) is 17.0. The van der Waals surface area contributed by atoms with Gasteiger partial charge in [-0.3, -0.25) is 0 Å². The van der Waals surface area contributed by atoms with Crippen LogP contribution in [-0.4, -0.2) is 13.3 Å². The van der Waals surface area contributed by atoms with Crippen molar-refractivity contribution in [2.45, 2.75) is 73.6 Å². The van der Waals surface area contributed by atoms with Gasteiger partial charge in [0.25, 0.3) is 0 Å². The standard InChI is InChI=1S/C29H35N.C2H6.CH2O/c1-5-9-28-22(3)10-8-12-25(28)16-15-24-19-26-11-6-7-13-29(26)30(20-24)27-17-14-21(2)23(4)18-27;2*1-2/h5,8-14,17-18,24H,6-7,15-16,19-20H2,1-4H3;1-2H3;1H2/b9-5-;;. The molecular formula is C32H43NO. The molecule has 0 saturated carbocycles. The van der Waals surface area contributed by atoms with Gasteiger partial charge < -0.3 is 9.69 Å². The van der Waals surface area contributed by atoms with Gasteiger partial charge in [0.05, 0.1) is 0 Å². The fourth-order valence-corrected chi connectivity index (χ4v) is 4.97. The average Bonchev–Trinajstić information content (AvgIpc) is 2.88. The van der Waals surface area contributed by atoms with E-state index >= 15 is 0 Å². The number of allylic oxidation sites excluding steroid dienone is 4. The second-order valence-electron chi connectivity index (χ2n) is 9.03. The summed E-state index contributed by atoms with van der Waals surface area (Å²) in [5.74, 6) is 0.687. The molecule has 1 aliphatic carbocycles. The quantitative estimate of drug-likeness (QED) is 0.448.